The average molecular weight is 462 g/mol. The molecule has 9 nitrogen and oxygen atoms in total. The molecule has 3 rings (SSSR count). The molecule has 3 aromatic rings. The molecule has 10 heteroatoms. The normalized spacial score (nSPS) is 13.1. The fourth-order valence-corrected chi connectivity index (χ4v) is 4.32. The van der Waals surface area contributed by atoms with Gasteiger partial charge in [-0.15, -0.1) is 6.58 Å². The van der Waals surface area contributed by atoms with E-state index in [4.69, 9.17) is 18.2 Å². The number of fused-ring (bicyclic) bond motifs is 1. The van der Waals surface area contributed by atoms with Crippen molar-refractivity contribution in [2.45, 2.75) is 13.8 Å². The predicted octanol–water partition coefficient (Wildman–Crippen LogP) is 4.65. The predicted molar refractivity (Wildman–Crippen MR) is 119 cm³/mol. The van der Waals surface area contributed by atoms with E-state index in [-0.39, 0.29) is 52.8 Å². The number of phenolic OH excluding ortho intramolecular Hbond substituents is 3. The molecule has 0 radical (unpaired) electrons. The summed E-state index contributed by atoms with van der Waals surface area (Å²) < 4.78 is 34.9. The lowest BCUT2D eigenvalue weighted by molar-refractivity contribution is 0.202. The molecule has 0 spiro atoms. The Labute approximate surface area is 183 Å². The first kappa shape index (κ1) is 23.4. The highest BCUT2D eigenvalue weighted by molar-refractivity contribution is 7.53. The first-order chi connectivity index (χ1) is 15.2. The molecule has 170 valence electrons. The van der Waals surface area contributed by atoms with E-state index >= 15 is 0 Å². The number of phenols is 3. The van der Waals surface area contributed by atoms with Crippen LogP contribution in [0, 0.1) is 6.92 Å². The van der Waals surface area contributed by atoms with Gasteiger partial charge in [-0.2, -0.15) is 0 Å². The number of hydrogen-bond acceptors (Lipinski definition) is 9. The van der Waals surface area contributed by atoms with Gasteiger partial charge in [0.15, 0.2) is 23.6 Å². The van der Waals surface area contributed by atoms with Gasteiger partial charge < -0.3 is 33.5 Å². The molecule has 1 unspecified atom stereocenters. The highest BCUT2D eigenvalue weighted by atomic mass is 31.2. The van der Waals surface area contributed by atoms with Gasteiger partial charge in [-0.3, -0.25) is 9.36 Å². The fourth-order valence-electron chi connectivity index (χ4n) is 3.09. The van der Waals surface area contributed by atoms with Gasteiger partial charge in [0, 0.05) is 11.6 Å². The van der Waals surface area contributed by atoms with E-state index < -0.39 is 25.1 Å². The molecule has 0 aliphatic carbocycles. The van der Waals surface area contributed by atoms with Crippen LogP contribution in [0.5, 0.6) is 23.0 Å². The van der Waals surface area contributed by atoms with Crippen molar-refractivity contribution in [1.82, 2.24) is 0 Å². The first-order valence-corrected chi connectivity index (χ1v) is 11.4. The van der Waals surface area contributed by atoms with E-state index in [2.05, 4.69) is 6.58 Å². The number of ether oxygens (including phenoxy) is 1. The summed E-state index contributed by atoms with van der Waals surface area (Å²) in [6, 6.07) is 6.46. The van der Waals surface area contributed by atoms with Gasteiger partial charge >= 0.3 is 7.60 Å². The zero-order chi connectivity index (χ0) is 23.5. The lowest BCUT2D eigenvalue weighted by Gasteiger charge is -2.18. The van der Waals surface area contributed by atoms with Gasteiger partial charge in [-0.25, -0.2) is 0 Å². The molecular formula is C22H23O9P. The van der Waals surface area contributed by atoms with Crippen LogP contribution >= 0.6 is 7.60 Å². The van der Waals surface area contributed by atoms with E-state index in [1.165, 1.54) is 36.4 Å². The van der Waals surface area contributed by atoms with Crippen LogP contribution in [-0.4, -0.2) is 34.9 Å². The highest BCUT2D eigenvalue weighted by Crippen LogP contribution is 2.48. The third-order valence-corrected chi connectivity index (χ3v) is 6.09. The average Bonchev–Trinajstić information content (AvgIpc) is 2.73. The molecule has 0 aliphatic heterocycles. The number of rotatable bonds is 9. The number of aromatic hydroxyl groups is 3. The molecule has 1 aromatic heterocycles. The minimum absolute atomic E-state index is 0.0515. The molecule has 0 amide bonds. The van der Waals surface area contributed by atoms with Crippen molar-refractivity contribution >= 4 is 18.6 Å². The van der Waals surface area contributed by atoms with Crippen LogP contribution in [0.25, 0.3) is 22.3 Å². The molecule has 1 atom stereocenters. The molecule has 1 heterocycles. The molecule has 0 bridgehead atoms. The van der Waals surface area contributed by atoms with E-state index in [0.29, 0.717) is 5.56 Å². The van der Waals surface area contributed by atoms with Crippen molar-refractivity contribution in [2.75, 3.05) is 19.6 Å². The first-order valence-electron chi connectivity index (χ1n) is 9.63. The van der Waals surface area contributed by atoms with Crippen LogP contribution in [0.1, 0.15) is 12.5 Å². The monoisotopic (exact) mass is 462 g/mol. The minimum Gasteiger partial charge on any atom is -0.508 e. The van der Waals surface area contributed by atoms with Gasteiger partial charge in [0.25, 0.3) is 0 Å². The Kier molecular flexibility index (Phi) is 6.93. The van der Waals surface area contributed by atoms with Crippen molar-refractivity contribution in [3.63, 3.8) is 0 Å². The molecule has 0 fully saturated rings. The van der Waals surface area contributed by atoms with E-state index in [0.717, 1.165) is 0 Å². The third kappa shape index (κ3) is 4.80. The van der Waals surface area contributed by atoms with Crippen LogP contribution in [0.2, 0.25) is 0 Å². The summed E-state index contributed by atoms with van der Waals surface area (Å²) in [7, 11) is -3.73. The Balaban J connectivity index is 2.19. The molecule has 0 saturated heterocycles. The largest absolute Gasteiger partial charge is 0.508 e. The van der Waals surface area contributed by atoms with Crippen molar-refractivity contribution in [2.24, 2.45) is 0 Å². The van der Waals surface area contributed by atoms with E-state index in [1.807, 2.05) is 0 Å². The fraction of sp³-hybridized carbons (Fsp3) is 0.227. The Morgan fingerprint density at radius 2 is 1.88 bits per heavy atom. The van der Waals surface area contributed by atoms with Crippen LogP contribution < -0.4 is 10.2 Å². The minimum atomic E-state index is -3.73. The summed E-state index contributed by atoms with van der Waals surface area (Å²) >= 11 is 0. The number of benzene rings is 2. The summed E-state index contributed by atoms with van der Waals surface area (Å²) in [4.78, 5) is 13.3. The lowest BCUT2D eigenvalue weighted by Crippen LogP contribution is -2.14. The maximum atomic E-state index is 13.3. The summed E-state index contributed by atoms with van der Waals surface area (Å²) in [6.07, 6.45) is 0.815. The van der Waals surface area contributed by atoms with Crippen LogP contribution in [0.3, 0.4) is 0 Å². The number of hydrogen-bond donors (Lipinski definition) is 3. The zero-order valence-electron chi connectivity index (χ0n) is 17.5. The Bertz CT molecular complexity index is 1260. The maximum Gasteiger partial charge on any atom is 0.368 e. The van der Waals surface area contributed by atoms with Crippen molar-refractivity contribution in [3.05, 3.63) is 58.8 Å². The SMILES string of the molecule is C=CCOP(=O)(COc1c(-c2ccc(O)c(O)c2)oc2cc(O)cc(C)c2c1=O)OCC. The second-order valence-corrected chi connectivity index (χ2v) is 8.81. The van der Waals surface area contributed by atoms with Gasteiger partial charge in [0.1, 0.15) is 11.3 Å². The topological polar surface area (TPSA) is 136 Å². The summed E-state index contributed by atoms with van der Waals surface area (Å²) in [6.45, 7) is 6.79. The smallest absolute Gasteiger partial charge is 0.368 e. The Morgan fingerprint density at radius 1 is 1.12 bits per heavy atom. The van der Waals surface area contributed by atoms with Gasteiger partial charge in [0.05, 0.1) is 18.6 Å². The highest BCUT2D eigenvalue weighted by Gasteiger charge is 2.28. The number of aryl methyl sites for hydroxylation is 1. The summed E-state index contributed by atoms with van der Waals surface area (Å²) in [5.41, 5.74) is 0.138. The molecule has 3 N–H and O–H groups in total. The third-order valence-electron chi connectivity index (χ3n) is 4.46. The van der Waals surface area contributed by atoms with Crippen molar-refractivity contribution < 1.29 is 38.1 Å². The van der Waals surface area contributed by atoms with E-state index in [9.17, 15) is 24.7 Å². The second-order valence-electron chi connectivity index (χ2n) is 6.82. The molecular weight excluding hydrogens is 439 g/mol. The molecule has 32 heavy (non-hydrogen) atoms. The second kappa shape index (κ2) is 9.48. The molecule has 0 aliphatic rings. The van der Waals surface area contributed by atoms with Gasteiger partial charge in [-0.1, -0.05) is 6.08 Å². The quantitative estimate of drug-likeness (QED) is 0.236. The Hall–Kier alpha value is -3.26. The van der Waals surface area contributed by atoms with Gasteiger partial charge in [0.2, 0.25) is 11.2 Å². The summed E-state index contributed by atoms with van der Waals surface area (Å²) in [5.74, 6) is -1.32. The molecule has 2 aromatic carbocycles. The van der Waals surface area contributed by atoms with Crippen molar-refractivity contribution in [3.8, 4) is 34.3 Å². The molecule has 0 saturated carbocycles. The van der Waals surface area contributed by atoms with Crippen LogP contribution in [0.15, 0.2) is 52.2 Å². The maximum absolute atomic E-state index is 13.3. The standard InChI is InChI=1S/C22H23O9P/c1-4-8-30-32(27,29-5-2)12-28-22-20(26)19-13(3)9-15(23)11-18(19)31-21(22)14-6-7-16(24)17(25)10-14/h4,6-7,9-11,23-25H,1,5,8,12H2,2-3H3. The van der Waals surface area contributed by atoms with Gasteiger partial charge in [-0.05, 0) is 43.7 Å². The van der Waals surface area contributed by atoms with Crippen molar-refractivity contribution in [1.29, 1.82) is 0 Å². The summed E-state index contributed by atoms with van der Waals surface area (Å²) in [5, 5.41) is 29.6. The Morgan fingerprint density at radius 3 is 2.53 bits per heavy atom. The zero-order valence-corrected chi connectivity index (χ0v) is 18.4. The van der Waals surface area contributed by atoms with Crippen LogP contribution in [0.4, 0.5) is 0 Å². The van der Waals surface area contributed by atoms with E-state index in [1.54, 1.807) is 13.8 Å². The lowest BCUT2D eigenvalue weighted by atomic mass is 10.1. The van der Waals surface area contributed by atoms with Crippen LogP contribution in [-0.2, 0) is 13.6 Å².